The molecule has 2 heteroatoms. The first-order valence-corrected chi connectivity index (χ1v) is 8.05. The van der Waals surface area contributed by atoms with Gasteiger partial charge in [0.2, 0.25) is 0 Å². The van der Waals surface area contributed by atoms with Crippen LogP contribution in [0, 0.1) is 13.8 Å². The Morgan fingerprint density at radius 2 is 2.05 bits per heavy atom. The maximum Gasteiger partial charge on any atom is 0.0735 e. The molecule has 1 aliphatic heterocycles. The van der Waals surface area contributed by atoms with Gasteiger partial charge in [-0.1, -0.05) is 25.1 Å². The highest BCUT2D eigenvalue weighted by molar-refractivity contribution is 5.30. The maximum absolute atomic E-state index is 6.08. The van der Waals surface area contributed by atoms with Crippen molar-refractivity contribution in [2.24, 2.45) is 0 Å². The lowest BCUT2D eigenvalue weighted by molar-refractivity contribution is 0.0321. The zero-order valence-corrected chi connectivity index (χ0v) is 13.4. The van der Waals surface area contributed by atoms with E-state index in [1.807, 2.05) is 0 Å². The van der Waals surface area contributed by atoms with Crippen molar-refractivity contribution in [3.63, 3.8) is 0 Å². The minimum Gasteiger partial charge on any atom is -0.374 e. The molecule has 0 bridgehead atoms. The van der Waals surface area contributed by atoms with Gasteiger partial charge in [-0.05, 0) is 69.7 Å². The summed E-state index contributed by atoms with van der Waals surface area (Å²) < 4.78 is 6.08. The lowest BCUT2D eigenvalue weighted by Gasteiger charge is -2.25. The average Bonchev–Trinajstić information content (AvgIpc) is 2.85. The van der Waals surface area contributed by atoms with E-state index in [2.05, 4.69) is 51.2 Å². The minimum absolute atomic E-state index is 0.373. The van der Waals surface area contributed by atoms with Gasteiger partial charge in [-0.3, -0.25) is 0 Å². The summed E-state index contributed by atoms with van der Waals surface area (Å²) in [6.07, 6.45) is 5.42. The summed E-state index contributed by atoms with van der Waals surface area (Å²) in [5.41, 5.74) is 4.18. The molecular formula is C18H29NO. The molecule has 1 aromatic rings. The van der Waals surface area contributed by atoms with Gasteiger partial charge in [0.25, 0.3) is 0 Å². The van der Waals surface area contributed by atoms with Crippen LogP contribution in [-0.2, 0) is 11.2 Å². The largest absolute Gasteiger partial charge is 0.374 e. The van der Waals surface area contributed by atoms with Crippen LogP contribution in [0.2, 0.25) is 0 Å². The lowest BCUT2D eigenvalue weighted by Crippen LogP contribution is -2.42. The van der Waals surface area contributed by atoms with Gasteiger partial charge < -0.3 is 10.1 Å². The van der Waals surface area contributed by atoms with Crippen LogP contribution in [0.1, 0.15) is 49.8 Å². The van der Waals surface area contributed by atoms with Crippen molar-refractivity contribution in [3.05, 3.63) is 34.9 Å². The number of benzene rings is 1. The van der Waals surface area contributed by atoms with E-state index >= 15 is 0 Å². The first-order chi connectivity index (χ1) is 9.60. The number of aryl methyl sites for hydroxylation is 2. The van der Waals surface area contributed by atoms with E-state index in [-0.39, 0.29) is 0 Å². The second-order valence-corrected chi connectivity index (χ2v) is 6.25. The molecule has 2 nitrogen and oxygen atoms in total. The van der Waals surface area contributed by atoms with E-state index in [0.29, 0.717) is 18.2 Å². The van der Waals surface area contributed by atoms with E-state index < -0.39 is 0 Å². The number of rotatable bonds is 6. The Balaban J connectivity index is 2.04. The third kappa shape index (κ3) is 4.07. The molecule has 2 rings (SSSR count). The van der Waals surface area contributed by atoms with E-state index in [4.69, 9.17) is 4.74 Å². The Kier molecular flexibility index (Phi) is 5.62. The topological polar surface area (TPSA) is 21.3 Å². The fourth-order valence-corrected chi connectivity index (χ4v) is 2.98. The number of nitrogens with one attached hydrogen (secondary N) is 1. The van der Waals surface area contributed by atoms with Crippen LogP contribution in [0.5, 0.6) is 0 Å². The van der Waals surface area contributed by atoms with E-state index in [0.717, 1.165) is 13.0 Å². The maximum atomic E-state index is 6.08. The molecule has 1 fully saturated rings. The smallest absolute Gasteiger partial charge is 0.0735 e. The molecule has 0 amide bonds. The van der Waals surface area contributed by atoms with Crippen molar-refractivity contribution < 1.29 is 4.74 Å². The van der Waals surface area contributed by atoms with Crippen LogP contribution >= 0.6 is 0 Å². The lowest BCUT2D eigenvalue weighted by atomic mass is 9.96. The second kappa shape index (κ2) is 7.24. The molecule has 1 aromatic carbocycles. The summed E-state index contributed by atoms with van der Waals surface area (Å²) >= 11 is 0. The molecule has 1 aliphatic rings. The molecular weight excluding hydrogens is 246 g/mol. The zero-order valence-electron chi connectivity index (χ0n) is 13.4. The van der Waals surface area contributed by atoms with E-state index in [1.54, 1.807) is 0 Å². The molecule has 3 atom stereocenters. The van der Waals surface area contributed by atoms with Crippen LogP contribution in [0.3, 0.4) is 0 Å². The van der Waals surface area contributed by atoms with E-state index in [9.17, 15) is 0 Å². The Bertz CT molecular complexity index is 429. The molecule has 0 aromatic heterocycles. The van der Waals surface area contributed by atoms with Gasteiger partial charge in [-0.25, -0.2) is 0 Å². The van der Waals surface area contributed by atoms with Gasteiger partial charge in [0.1, 0.15) is 0 Å². The quantitative estimate of drug-likeness (QED) is 0.853. The first-order valence-electron chi connectivity index (χ1n) is 8.05. The van der Waals surface area contributed by atoms with Crippen LogP contribution in [0.4, 0.5) is 0 Å². The molecule has 0 radical (unpaired) electrons. The molecule has 1 heterocycles. The SMILES string of the molecule is CCCNC(Cc1ccc(C)c(C)c1)C1CCC(C)O1. The van der Waals surface area contributed by atoms with Crippen molar-refractivity contribution in [2.45, 2.75) is 71.6 Å². The van der Waals surface area contributed by atoms with Gasteiger partial charge in [0.05, 0.1) is 12.2 Å². The third-order valence-electron chi connectivity index (χ3n) is 4.40. The highest BCUT2D eigenvalue weighted by Gasteiger charge is 2.29. The number of ether oxygens (including phenoxy) is 1. The first kappa shape index (κ1) is 15.5. The van der Waals surface area contributed by atoms with Gasteiger partial charge in [0, 0.05) is 6.04 Å². The van der Waals surface area contributed by atoms with Gasteiger partial charge in [0.15, 0.2) is 0 Å². The predicted molar refractivity (Wildman–Crippen MR) is 85.3 cm³/mol. The Morgan fingerprint density at radius 1 is 1.25 bits per heavy atom. The summed E-state index contributed by atoms with van der Waals surface area (Å²) in [5.74, 6) is 0. The second-order valence-electron chi connectivity index (χ2n) is 6.25. The van der Waals surface area contributed by atoms with Gasteiger partial charge in [-0.2, -0.15) is 0 Å². The molecule has 20 heavy (non-hydrogen) atoms. The molecule has 0 spiro atoms. The van der Waals surface area contributed by atoms with Crippen molar-refractivity contribution in [2.75, 3.05) is 6.54 Å². The predicted octanol–water partition coefficient (Wildman–Crippen LogP) is 3.78. The Hall–Kier alpha value is -0.860. The Morgan fingerprint density at radius 3 is 2.65 bits per heavy atom. The summed E-state index contributed by atoms with van der Waals surface area (Å²) in [6, 6.07) is 7.28. The van der Waals surface area contributed by atoms with Crippen LogP contribution in [0.25, 0.3) is 0 Å². The molecule has 1 N–H and O–H groups in total. The third-order valence-corrected chi connectivity index (χ3v) is 4.40. The van der Waals surface area contributed by atoms with Crippen molar-refractivity contribution in [1.29, 1.82) is 0 Å². The van der Waals surface area contributed by atoms with Crippen LogP contribution in [0.15, 0.2) is 18.2 Å². The summed E-state index contributed by atoms with van der Waals surface area (Å²) in [5, 5.41) is 3.69. The Labute approximate surface area is 123 Å². The number of hydrogen-bond acceptors (Lipinski definition) is 2. The van der Waals surface area contributed by atoms with E-state index in [1.165, 1.54) is 36.0 Å². The van der Waals surface area contributed by atoms with Crippen LogP contribution < -0.4 is 5.32 Å². The normalized spacial score (nSPS) is 24.0. The molecule has 0 saturated carbocycles. The molecule has 112 valence electrons. The highest BCUT2D eigenvalue weighted by atomic mass is 16.5. The van der Waals surface area contributed by atoms with Gasteiger partial charge >= 0.3 is 0 Å². The zero-order chi connectivity index (χ0) is 14.5. The molecule has 0 aliphatic carbocycles. The minimum atomic E-state index is 0.373. The van der Waals surface area contributed by atoms with Crippen molar-refractivity contribution in [1.82, 2.24) is 5.32 Å². The molecule has 1 saturated heterocycles. The van der Waals surface area contributed by atoms with Gasteiger partial charge in [-0.15, -0.1) is 0 Å². The highest BCUT2D eigenvalue weighted by Crippen LogP contribution is 2.24. The fourth-order valence-electron chi connectivity index (χ4n) is 2.98. The summed E-state index contributed by atoms with van der Waals surface area (Å²) in [4.78, 5) is 0. The fraction of sp³-hybridized carbons (Fsp3) is 0.667. The van der Waals surface area contributed by atoms with Crippen molar-refractivity contribution in [3.8, 4) is 0 Å². The standard InChI is InChI=1S/C18H29NO/c1-5-10-19-17(18-9-7-15(4)20-18)12-16-8-6-13(2)14(3)11-16/h6,8,11,15,17-19H,5,7,9-10,12H2,1-4H3. The van der Waals surface area contributed by atoms with Crippen molar-refractivity contribution >= 4 is 0 Å². The average molecular weight is 275 g/mol. The summed E-state index contributed by atoms with van der Waals surface area (Å²) in [7, 11) is 0. The van der Waals surface area contributed by atoms with Crippen LogP contribution in [-0.4, -0.2) is 24.8 Å². The number of hydrogen-bond donors (Lipinski definition) is 1. The molecule has 3 unspecified atom stereocenters. The summed E-state index contributed by atoms with van der Waals surface area (Å²) in [6.45, 7) is 9.85. The monoisotopic (exact) mass is 275 g/mol.